The fraction of sp³-hybridized carbons (Fsp3) is 0.545. The van der Waals surface area contributed by atoms with Crippen molar-refractivity contribution >= 4 is 17.2 Å². The molecule has 5 nitrogen and oxygen atoms in total. The lowest BCUT2D eigenvalue weighted by Crippen LogP contribution is -2.42. The van der Waals surface area contributed by atoms with E-state index in [-0.39, 0.29) is 5.91 Å². The Morgan fingerprint density at radius 3 is 2.82 bits per heavy atom. The number of nitrogens with zero attached hydrogens (tertiary/aromatic N) is 1. The molecule has 2 aromatic rings. The van der Waals surface area contributed by atoms with Crippen LogP contribution in [0.2, 0.25) is 0 Å². The molecule has 28 heavy (non-hydrogen) atoms. The predicted octanol–water partition coefficient (Wildman–Crippen LogP) is 4.38. The second-order valence-corrected chi connectivity index (χ2v) is 9.17. The van der Waals surface area contributed by atoms with E-state index in [1.54, 1.807) is 14.2 Å². The summed E-state index contributed by atoms with van der Waals surface area (Å²) < 4.78 is 10.9. The molecule has 148 valence electrons. The molecule has 0 saturated heterocycles. The second-order valence-electron chi connectivity index (χ2n) is 8.31. The number of ether oxygens (including phenoxy) is 2. The Morgan fingerprint density at radius 2 is 2.00 bits per heavy atom. The third-order valence-electron chi connectivity index (χ3n) is 7.12. The van der Waals surface area contributed by atoms with E-state index in [1.165, 1.54) is 37.0 Å². The van der Waals surface area contributed by atoms with Crippen molar-refractivity contribution in [1.29, 1.82) is 0 Å². The van der Waals surface area contributed by atoms with E-state index in [2.05, 4.69) is 10.3 Å². The lowest BCUT2D eigenvalue weighted by atomic mass is 9.79. The van der Waals surface area contributed by atoms with E-state index < -0.39 is 0 Å². The fourth-order valence-corrected chi connectivity index (χ4v) is 6.86. The zero-order chi connectivity index (χ0) is 19.3. The number of hydrogen-bond acceptors (Lipinski definition) is 5. The molecular formula is C22H26N2O3S. The molecule has 5 rings (SSSR count). The number of benzene rings is 1. The van der Waals surface area contributed by atoms with Gasteiger partial charge in [0.1, 0.15) is 10.7 Å². The van der Waals surface area contributed by atoms with Crippen molar-refractivity contribution in [2.75, 3.05) is 14.2 Å². The molecule has 5 unspecified atom stereocenters. The summed E-state index contributed by atoms with van der Waals surface area (Å²) in [5.41, 5.74) is 1.34. The van der Waals surface area contributed by atoms with Crippen molar-refractivity contribution < 1.29 is 14.3 Å². The number of hydrogen-bond donors (Lipinski definition) is 1. The largest absolute Gasteiger partial charge is 0.493 e. The number of fused-ring (bicyclic) bond motifs is 5. The molecule has 0 radical (unpaired) electrons. The number of amides is 1. The van der Waals surface area contributed by atoms with Crippen molar-refractivity contribution in [2.24, 2.45) is 23.7 Å². The van der Waals surface area contributed by atoms with Crippen LogP contribution in [0, 0.1) is 23.7 Å². The number of nitrogens with one attached hydrogen (secondary N) is 1. The van der Waals surface area contributed by atoms with Crippen LogP contribution in [-0.2, 0) is 0 Å². The van der Waals surface area contributed by atoms with Gasteiger partial charge in [0, 0.05) is 11.4 Å². The first-order valence-electron chi connectivity index (χ1n) is 10.2. The van der Waals surface area contributed by atoms with Gasteiger partial charge < -0.3 is 14.8 Å². The molecule has 1 aromatic carbocycles. The number of carbonyl (C=O) groups excluding carboxylic acids is 1. The van der Waals surface area contributed by atoms with Crippen molar-refractivity contribution in [3.63, 3.8) is 0 Å². The minimum atomic E-state index is -0.0449. The molecule has 1 heterocycles. The summed E-state index contributed by atoms with van der Waals surface area (Å²) in [7, 11) is 3.24. The Morgan fingerprint density at radius 1 is 1.14 bits per heavy atom. The van der Waals surface area contributed by atoms with Gasteiger partial charge in [-0.3, -0.25) is 4.79 Å². The topological polar surface area (TPSA) is 60.5 Å². The maximum atomic E-state index is 12.9. The molecule has 3 aliphatic carbocycles. The van der Waals surface area contributed by atoms with Crippen LogP contribution in [0.3, 0.4) is 0 Å². The zero-order valence-electron chi connectivity index (χ0n) is 16.3. The number of carbonyl (C=O) groups is 1. The molecule has 0 spiro atoms. The van der Waals surface area contributed by atoms with Gasteiger partial charge >= 0.3 is 0 Å². The minimum Gasteiger partial charge on any atom is -0.493 e. The molecule has 0 aliphatic heterocycles. The molecule has 6 heteroatoms. The Bertz CT molecular complexity index is 896. The first-order chi connectivity index (χ1) is 13.7. The monoisotopic (exact) mass is 398 g/mol. The van der Waals surface area contributed by atoms with Crippen LogP contribution in [0.5, 0.6) is 11.5 Å². The van der Waals surface area contributed by atoms with Gasteiger partial charge in [0.15, 0.2) is 11.5 Å². The number of rotatable bonds is 5. The first kappa shape index (κ1) is 18.0. The molecule has 1 amide bonds. The van der Waals surface area contributed by atoms with Crippen LogP contribution in [0.1, 0.15) is 42.6 Å². The van der Waals surface area contributed by atoms with Crippen molar-refractivity contribution in [3.8, 4) is 22.1 Å². The van der Waals surface area contributed by atoms with Crippen molar-refractivity contribution in [2.45, 2.75) is 38.1 Å². The lowest BCUT2D eigenvalue weighted by Gasteiger charge is -2.31. The highest BCUT2D eigenvalue weighted by molar-refractivity contribution is 7.13. The molecule has 1 aromatic heterocycles. The zero-order valence-corrected chi connectivity index (χ0v) is 17.1. The van der Waals surface area contributed by atoms with Gasteiger partial charge in [-0.25, -0.2) is 4.98 Å². The van der Waals surface area contributed by atoms with E-state index in [0.29, 0.717) is 29.2 Å². The standard InChI is InChI=1S/C22H26N2O3S/c1-26-19-8-4-7-15(20(19)27-2)22-24-18(11-28-22)21(25)23-17-10-12-9-16(17)14-6-3-5-13(12)14/h4,7-8,11-14,16-17H,3,5-6,9-10H2,1-2H3,(H,23,25). The summed E-state index contributed by atoms with van der Waals surface area (Å²) in [5.74, 6) is 4.55. The Balaban J connectivity index is 1.32. The molecule has 3 saturated carbocycles. The van der Waals surface area contributed by atoms with Gasteiger partial charge in [-0.05, 0) is 61.5 Å². The first-order valence-corrected chi connectivity index (χ1v) is 11.0. The third-order valence-corrected chi connectivity index (χ3v) is 7.99. The molecular weight excluding hydrogens is 372 g/mol. The highest BCUT2D eigenvalue weighted by Crippen LogP contribution is 2.58. The molecule has 3 aliphatic rings. The summed E-state index contributed by atoms with van der Waals surface area (Å²) in [5, 5.41) is 5.92. The van der Waals surface area contributed by atoms with E-state index >= 15 is 0 Å². The van der Waals surface area contributed by atoms with Gasteiger partial charge in [0.2, 0.25) is 0 Å². The fourth-order valence-electron chi connectivity index (χ4n) is 6.03. The van der Waals surface area contributed by atoms with Crippen LogP contribution in [0.15, 0.2) is 23.6 Å². The molecule has 5 atom stereocenters. The van der Waals surface area contributed by atoms with E-state index in [9.17, 15) is 4.79 Å². The maximum absolute atomic E-state index is 12.9. The molecule has 3 fully saturated rings. The molecule has 1 N–H and O–H groups in total. The highest BCUT2D eigenvalue weighted by atomic mass is 32.1. The average molecular weight is 399 g/mol. The van der Waals surface area contributed by atoms with E-state index in [4.69, 9.17) is 9.47 Å². The average Bonchev–Trinajstić information content (AvgIpc) is 3.48. The Kier molecular flexibility index (Phi) is 4.54. The molecule has 2 bridgehead atoms. The number of para-hydroxylation sites is 1. The van der Waals surface area contributed by atoms with Gasteiger partial charge in [-0.2, -0.15) is 0 Å². The predicted molar refractivity (Wildman–Crippen MR) is 109 cm³/mol. The number of aromatic nitrogens is 1. The van der Waals surface area contributed by atoms with Crippen molar-refractivity contribution in [1.82, 2.24) is 10.3 Å². The van der Waals surface area contributed by atoms with Crippen molar-refractivity contribution in [3.05, 3.63) is 29.3 Å². The summed E-state index contributed by atoms with van der Waals surface area (Å²) in [6, 6.07) is 6.03. The van der Waals surface area contributed by atoms with Crippen LogP contribution < -0.4 is 14.8 Å². The SMILES string of the molecule is COc1cccc(-c2nc(C(=O)NC3CC4CC3C3CCCC43)cs2)c1OC. The van der Waals surface area contributed by atoms with E-state index in [1.807, 2.05) is 23.6 Å². The van der Waals surface area contributed by atoms with Gasteiger partial charge in [-0.1, -0.05) is 12.5 Å². The van der Waals surface area contributed by atoms with E-state index in [0.717, 1.165) is 34.7 Å². The third kappa shape index (κ3) is 2.81. The summed E-state index contributed by atoms with van der Waals surface area (Å²) >= 11 is 1.46. The minimum absolute atomic E-state index is 0.0449. The van der Waals surface area contributed by atoms with Crippen LogP contribution in [-0.4, -0.2) is 31.2 Å². The van der Waals surface area contributed by atoms with Gasteiger partial charge in [-0.15, -0.1) is 11.3 Å². The maximum Gasteiger partial charge on any atom is 0.271 e. The number of methoxy groups -OCH3 is 2. The number of thiazole rings is 1. The quantitative estimate of drug-likeness (QED) is 0.812. The van der Waals surface area contributed by atoms with Crippen LogP contribution in [0.25, 0.3) is 10.6 Å². The van der Waals surface area contributed by atoms with Gasteiger partial charge in [0.05, 0.1) is 19.8 Å². The normalized spacial score (nSPS) is 30.3. The second kappa shape index (κ2) is 7.07. The van der Waals surface area contributed by atoms with Crippen LogP contribution in [0.4, 0.5) is 0 Å². The summed E-state index contributed by atoms with van der Waals surface area (Å²) in [6.07, 6.45) is 6.60. The summed E-state index contributed by atoms with van der Waals surface area (Å²) in [6.45, 7) is 0. The Hall–Kier alpha value is -2.08. The van der Waals surface area contributed by atoms with Crippen LogP contribution >= 0.6 is 11.3 Å². The lowest BCUT2D eigenvalue weighted by molar-refractivity contribution is 0.0897. The highest BCUT2D eigenvalue weighted by Gasteiger charge is 2.54. The Labute approximate surface area is 169 Å². The van der Waals surface area contributed by atoms with Gasteiger partial charge in [0.25, 0.3) is 5.91 Å². The summed E-state index contributed by atoms with van der Waals surface area (Å²) in [4.78, 5) is 17.5. The smallest absolute Gasteiger partial charge is 0.271 e.